The van der Waals surface area contributed by atoms with E-state index in [0.717, 1.165) is 36.4 Å². The molecule has 5 nitrogen and oxygen atoms in total. The van der Waals surface area contributed by atoms with Gasteiger partial charge in [-0.15, -0.1) is 0 Å². The van der Waals surface area contributed by atoms with Gasteiger partial charge in [0.2, 0.25) is 0 Å². The molecular weight excluding hydrogens is 264 g/mol. The first kappa shape index (κ1) is 13.9. The van der Waals surface area contributed by atoms with E-state index >= 15 is 0 Å². The molecule has 1 saturated carbocycles. The SMILES string of the molecule is COc1cccc(CC2=NC3(CCCCC3)N=C(N)N2)c1. The van der Waals surface area contributed by atoms with Crippen LogP contribution in [0.15, 0.2) is 34.3 Å². The molecule has 1 aliphatic carbocycles. The van der Waals surface area contributed by atoms with E-state index < -0.39 is 0 Å². The van der Waals surface area contributed by atoms with Crippen LogP contribution in [0.4, 0.5) is 0 Å². The number of guanidine groups is 1. The lowest BCUT2D eigenvalue weighted by molar-refractivity contribution is 0.306. The summed E-state index contributed by atoms with van der Waals surface area (Å²) in [6.45, 7) is 0. The smallest absolute Gasteiger partial charge is 0.196 e. The molecule has 0 saturated heterocycles. The van der Waals surface area contributed by atoms with Gasteiger partial charge in [0.1, 0.15) is 11.6 Å². The zero-order valence-corrected chi connectivity index (χ0v) is 12.4. The second-order valence-corrected chi connectivity index (χ2v) is 5.75. The van der Waals surface area contributed by atoms with Gasteiger partial charge >= 0.3 is 0 Å². The molecule has 1 aromatic rings. The molecule has 1 spiro atoms. The molecule has 0 unspecified atom stereocenters. The molecule has 5 heteroatoms. The number of rotatable bonds is 3. The van der Waals surface area contributed by atoms with Crippen molar-refractivity contribution < 1.29 is 4.74 Å². The molecule has 1 aliphatic heterocycles. The maximum Gasteiger partial charge on any atom is 0.196 e. The van der Waals surface area contributed by atoms with Gasteiger partial charge in [-0.1, -0.05) is 18.6 Å². The lowest BCUT2D eigenvalue weighted by Gasteiger charge is -2.34. The van der Waals surface area contributed by atoms with Crippen LogP contribution in [0.25, 0.3) is 0 Å². The van der Waals surface area contributed by atoms with Gasteiger partial charge in [0.05, 0.1) is 7.11 Å². The van der Waals surface area contributed by atoms with Gasteiger partial charge in [-0.2, -0.15) is 0 Å². The molecule has 3 N–H and O–H groups in total. The predicted molar refractivity (Wildman–Crippen MR) is 84.7 cm³/mol. The van der Waals surface area contributed by atoms with Crippen molar-refractivity contribution in [2.75, 3.05) is 7.11 Å². The van der Waals surface area contributed by atoms with E-state index in [0.29, 0.717) is 5.96 Å². The summed E-state index contributed by atoms with van der Waals surface area (Å²) in [5.74, 6) is 2.25. The third-order valence-electron chi connectivity index (χ3n) is 4.10. The summed E-state index contributed by atoms with van der Waals surface area (Å²) in [5.41, 5.74) is 6.81. The van der Waals surface area contributed by atoms with Gasteiger partial charge in [0.25, 0.3) is 0 Å². The number of methoxy groups -OCH3 is 1. The molecule has 2 aliphatic rings. The first-order chi connectivity index (χ1) is 10.2. The van der Waals surface area contributed by atoms with E-state index in [2.05, 4.69) is 16.4 Å². The fourth-order valence-corrected chi connectivity index (χ4v) is 3.11. The van der Waals surface area contributed by atoms with Crippen molar-refractivity contribution in [3.63, 3.8) is 0 Å². The van der Waals surface area contributed by atoms with E-state index in [-0.39, 0.29) is 5.66 Å². The van der Waals surface area contributed by atoms with Crippen LogP contribution in [0.5, 0.6) is 5.75 Å². The first-order valence-electron chi connectivity index (χ1n) is 7.53. The Labute approximate surface area is 125 Å². The van der Waals surface area contributed by atoms with E-state index in [4.69, 9.17) is 15.5 Å². The molecule has 0 aromatic heterocycles. The van der Waals surface area contributed by atoms with E-state index in [1.165, 1.54) is 19.3 Å². The highest BCUT2D eigenvalue weighted by molar-refractivity contribution is 6.01. The van der Waals surface area contributed by atoms with Gasteiger partial charge in [-0.3, -0.25) is 0 Å². The number of hydrogen-bond donors (Lipinski definition) is 2. The number of benzene rings is 1. The number of amidine groups is 1. The standard InChI is InChI=1S/C16H22N4O/c1-21-13-7-5-6-12(10-13)11-14-18-15(17)20-16(19-14)8-3-2-4-9-16/h5-7,10H,2-4,8-9,11H2,1H3,(H3,17,18,19,20). The third kappa shape index (κ3) is 3.17. The van der Waals surface area contributed by atoms with Gasteiger partial charge < -0.3 is 15.8 Å². The largest absolute Gasteiger partial charge is 0.497 e. The lowest BCUT2D eigenvalue weighted by atomic mass is 9.89. The van der Waals surface area contributed by atoms with Gasteiger partial charge in [-0.05, 0) is 43.4 Å². The Morgan fingerprint density at radius 1 is 1.24 bits per heavy atom. The van der Waals surface area contributed by atoms with Crippen molar-refractivity contribution in [2.24, 2.45) is 15.7 Å². The maximum absolute atomic E-state index is 5.97. The molecule has 1 fully saturated rings. The average molecular weight is 286 g/mol. The van der Waals surface area contributed by atoms with Crippen molar-refractivity contribution in [3.05, 3.63) is 29.8 Å². The van der Waals surface area contributed by atoms with Crippen molar-refractivity contribution in [3.8, 4) is 5.75 Å². The van der Waals surface area contributed by atoms with E-state index in [1.54, 1.807) is 7.11 Å². The zero-order chi connectivity index (χ0) is 14.7. The Hall–Kier alpha value is -2.04. The molecule has 0 amide bonds. The van der Waals surface area contributed by atoms with Gasteiger partial charge in [0.15, 0.2) is 11.6 Å². The van der Waals surface area contributed by atoms with Crippen molar-refractivity contribution in [2.45, 2.75) is 44.2 Å². The fraction of sp³-hybridized carbons (Fsp3) is 0.500. The minimum Gasteiger partial charge on any atom is -0.497 e. The molecule has 1 aromatic carbocycles. The van der Waals surface area contributed by atoms with Crippen LogP contribution in [0.3, 0.4) is 0 Å². The monoisotopic (exact) mass is 286 g/mol. The number of nitrogens with two attached hydrogens (primary N) is 1. The Morgan fingerprint density at radius 2 is 2.05 bits per heavy atom. The maximum atomic E-state index is 5.97. The van der Waals surface area contributed by atoms with Crippen LogP contribution in [0.2, 0.25) is 0 Å². The van der Waals surface area contributed by atoms with Gasteiger partial charge in [0, 0.05) is 6.42 Å². The normalized spacial score (nSPS) is 20.4. The van der Waals surface area contributed by atoms with Crippen LogP contribution in [-0.2, 0) is 6.42 Å². The number of aliphatic imine (C=N–C) groups is 2. The molecular formula is C16H22N4O. The summed E-state index contributed by atoms with van der Waals surface area (Å²) < 4.78 is 5.27. The Balaban J connectivity index is 1.81. The Morgan fingerprint density at radius 3 is 2.81 bits per heavy atom. The predicted octanol–water partition coefficient (Wildman–Crippen LogP) is 2.21. The summed E-state index contributed by atoms with van der Waals surface area (Å²) >= 11 is 0. The first-order valence-corrected chi connectivity index (χ1v) is 7.53. The number of hydrogen-bond acceptors (Lipinski definition) is 5. The summed E-state index contributed by atoms with van der Waals surface area (Å²) in [6, 6.07) is 8.03. The number of nitrogens with zero attached hydrogens (tertiary/aromatic N) is 2. The minimum absolute atomic E-state index is 0.318. The Kier molecular flexibility index (Phi) is 3.82. The van der Waals surface area contributed by atoms with Crippen LogP contribution >= 0.6 is 0 Å². The van der Waals surface area contributed by atoms with Crippen molar-refractivity contribution in [1.82, 2.24) is 5.32 Å². The highest BCUT2D eigenvalue weighted by Crippen LogP contribution is 2.34. The molecule has 21 heavy (non-hydrogen) atoms. The zero-order valence-electron chi connectivity index (χ0n) is 12.4. The summed E-state index contributed by atoms with van der Waals surface area (Å²) in [5, 5.41) is 3.11. The van der Waals surface area contributed by atoms with E-state index in [1.807, 2.05) is 18.2 Å². The summed E-state index contributed by atoms with van der Waals surface area (Å²) in [4.78, 5) is 9.44. The van der Waals surface area contributed by atoms with Crippen LogP contribution < -0.4 is 15.8 Å². The quantitative estimate of drug-likeness (QED) is 0.895. The van der Waals surface area contributed by atoms with E-state index in [9.17, 15) is 0 Å². The second-order valence-electron chi connectivity index (χ2n) is 5.75. The molecule has 112 valence electrons. The summed E-state index contributed by atoms with van der Waals surface area (Å²) in [7, 11) is 1.68. The van der Waals surface area contributed by atoms with Crippen LogP contribution in [0, 0.1) is 0 Å². The molecule has 0 bridgehead atoms. The average Bonchev–Trinajstić information content (AvgIpc) is 2.47. The van der Waals surface area contributed by atoms with Gasteiger partial charge in [-0.25, -0.2) is 9.98 Å². The van der Waals surface area contributed by atoms with Crippen molar-refractivity contribution in [1.29, 1.82) is 0 Å². The van der Waals surface area contributed by atoms with Crippen LogP contribution in [0.1, 0.15) is 37.7 Å². The third-order valence-corrected chi connectivity index (χ3v) is 4.10. The second kappa shape index (κ2) is 5.76. The van der Waals surface area contributed by atoms with Crippen LogP contribution in [-0.4, -0.2) is 24.6 Å². The fourth-order valence-electron chi connectivity index (χ4n) is 3.11. The molecule has 0 radical (unpaired) electrons. The Bertz CT molecular complexity index is 573. The number of nitrogens with one attached hydrogen (secondary N) is 1. The molecule has 0 atom stereocenters. The highest BCUT2D eigenvalue weighted by Gasteiger charge is 2.34. The molecule has 1 heterocycles. The number of ether oxygens (including phenoxy) is 1. The highest BCUT2D eigenvalue weighted by atomic mass is 16.5. The topological polar surface area (TPSA) is 72.0 Å². The van der Waals surface area contributed by atoms with Crippen molar-refractivity contribution >= 4 is 11.8 Å². The lowest BCUT2D eigenvalue weighted by Crippen LogP contribution is -2.47. The molecule has 3 rings (SSSR count). The minimum atomic E-state index is -0.318. The summed E-state index contributed by atoms with van der Waals surface area (Å²) in [6.07, 6.45) is 6.33.